The third-order valence-electron chi connectivity index (χ3n) is 4.81. The number of hydrogen-bond donors (Lipinski definition) is 9. The molecule has 0 aliphatic carbocycles. The van der Waals surface area contributed by atoms with Crippen LogP contribution in [-0.4, -0.2) is 94.9 Å². The number of nitrogens with zero attached hydrogens (tertiary/aromatic N) is 1. The summed E-state index contributed by atoms with van der Waals surface area (Å²) in [6, 6.07) is -4.66. The average molecular weight is 460 g/mol. The number of guanidine groups is 1. The van der Waals surface area contributed by atoms with Crippen molar-refractivity contribution in [3.05, 3.63) is 0 Å². The number of rotatable bonds is 13. The first kappa shape index (κ1) is 27.1. The maximum atomic E-state index is 12.6. The molecule has 0 aromatic carbocycles. The van der Waals surface area contributed by atoms with Crippen molar-refractivity contribution in [2.24, 2.45) is 16.5 Å². The molecule has 0 aromatic heterocycles. The number of nitrogens with two attached hydrogens (primary N) is 2. The molecule has 0 bridgehead atoms. The zero-order valence-corrected chi connectivity index (χ0v) is 17.9. The van der Waals surface area contributed by atoms with Gasteiger partial charge >= 0.3 is 5.97 Å². The van der Waals surface area contributed by atoms with Crippen LogP contribution in [0.4, 0.5) is 0 Å². The Balaban J connectivity index is 2.70. The average Bonchev–Trinajstić information content (AvgIpc) is 3.26. The van der Waals surface area contributed by atoms with Crippen LogP contribution in [0.15, 0.2) is 4.99 Å². The van der Waals surface area contributed by atoms with Crippen LogP contribution in [0, 0.1) is 0 Å². The second-order valence-electron chi connectivity index (χ2n) is 7.47. The molecule has 1 fully saturated rings. The Bertz CT molecular complexity index is 691. The summed E-state index contributed by atoms with van der Waals surface area (Å²) in [6.45, 7) is 1.28. The highest BCUT2D eigenvalue weighted by Crippen LogP contribution is 2.06. The molecule has 3 amide bonds. The number of aliphatic hydroxyl groups is 2. The Morgan fingerprint density at radius 3 is 2.28 bits per heavy atom. The number of aliphatic carboxylic acids is 1. The molecule has 11 N–H and O–H groups in total. The molecule has 0 aromatic rings. The smallest absolute Gasteiger partial charge is 0.326 e. The fourth-order valence-corrected chi connectivity index (χ4v) is 3.06. The lowest BCUT2D eigenvalue weighted by Gasteiger charge is -2.25. The third-order valence-corrected chi connectivity index (χ3v) is 4.81. The molecule has 1 saturated heterocycles. The highest BCUT2D eigenvalue weighted by Gasteiger charge is 2.33. The molecular formula is C18H33N7O7. The van der Waals surface area contributed by atoms with Gasteiger partial charge in [-0.2, -0.15) is 0 Å². The Morgan fingerprint density at radius 2 is 1.78 bits per heavy atom. The molecule has 1 rings (SSSR count). The summed E-state index contributed by atoms with van der Waals surface area (Å²) in [5.74, 6) is -3.78. The Morgan fingerprint density at radius 1 is 1.12 bits per heavy atom. The number of nitrogens with one attached hydrogen (secondary N) is 4. The van der Waals surface area contributed by atoms with E-state index in [1.807, 2.05) is 0 Å². The molecule has 0 saturated carbocycles. The number of carboxylic acids is 1. The van der Waals surface area contributed by atoms with Crippen LogP contribution in [0.5, 0.6) is 0 Å². The van der Waals surface area contributed by atoms with Crippen LogP contribution in [0.1, 0.15) is 32.6 Å². The zero-order chi connectivity index (χ0) is 24.3. The van der Waals surface area contributed by atoms with E-state index in [0.29, 0.717) is 13.0 Å². The van der Waals surface area contributed by atoms with E-state index >= 15 is 0 Å². The van der Waals surface area contributed by atoms with Crippen LogP contribution in [0.2, 0.25) is 0 Å². The summed E-state index contributed by atoms with van der Waals surface area (Å²) in [5, 5.41) is 38.6. The number of carbonyl (C=O) groups excluding carboxylic acids is 3. The van der Waals surface area contributed by atoms with Gasteiger partial charge in [-0.15, -0.1) is 0 Å². The molecule has 1 heterocycles. The van der Waals surface area contributed by atoms with Crippen molar-refractivity contribution in [2.75, 3.05) is 19.7 Å². The van der Waals surface area contributed by atoms with Crippen molar-refractivity contribution in [2.45, 2.75) is 62.9 Å². The summed E-state index contributed by atoms with van der Waals surface area (Å²) >= 11 is 0. The lowest BCUT2D eigenvalue weighted by molar-refractivity contribution is -0.143. The van der Waals surface area contributed by atoms with Gasteiger partial charge < -0.3 is 48.1 Å². The van der Waals surface area contributed by atoms with Gasteiger partial charge in [0.05, 0.1) is 18.8 Å². The molecule has 14 heteroatoms. The second kappa shape index (κ2) is 13.4. The van der Waals surface area contributed by atoms with Crippen LogP contribution in [0.25, 0.3) is 0 Å². The zero-order valence-electron chi connectivity index (χ0n) is 17.9. The van der Waals surface area contributed by atoms with Gasteiger partial charge in [0.15, 0.2) is 5.96 Å². The van der Waals surface area contributed by atoms with Gasteiger partial charge in [-0.1, -0.05) is 0 Å². The lowest BCUT2D eigenvalue weighted by Crippen LogP contribution is -2.60. The maximum Gasteiger partial charge on any atom is 0.326 e. The predicted molar refractivity (Wildman–Crippen MR) is 113 cm³/mol. The van der Waals surface area contributed by atoms with E-state index in [1.165, 1.54) is 6.92 Å². The molecule has 1 aliphatic heterocycles. The quantitative estimate of drug-likeness (QED) is 0.0728. The molecule has 0 radical (unpaired) electrons. The first-order valence-corrected chi connectivity index (χ1v) is 10.3. The number of carbonyl (C=O) groups is 4. The molecule has 0 spiro atoms. The minimum atomic E-state index is -1.50. The van der Waals surface area contributed by atoms with Crippen molar-refractivity contribution >= 4 is 29.7 Å². The van der Waals surface area contributed by atoms with E-state index in [-0.39, 0.29) is 25.3 Å². The minimum absolute atomic E-state index is 0.00466. The van der Waals surface area contributed by atoms with E-state index in [2.05, 4.69) is 26.3 Å². The molecular weight excluding hydrogens is 426 g/mol. The number of hydrogen-bond acceptors (Lipinski definition) is 8. The van der Waals surface area contributed by atoms with Gasteiger partial charge in [0.25, 0.3) is 0 Å². The monoisotopic (exact) mass is 459 g/mol. The first-order chi connectivity index (χ1) is 15.1. The van der Waals surface area contributed by atoms with E-state index in [0.717, 1.165) is 6.42 Å². The van der Waals surface area contributed by atoms with Crippen molar-refractivity contribution in [1.29, 1.82) is 0 Å². The SMILES string of the molecule is CC(O)C(NC(=O)C1CCCN1)C(=O)NC(CO)C(=O)NC(CCCN=C(N)N)C(=O)O. The predicted octanol–water partition coefficient (Wildman–Crippen LogP) is -4.30. The Labute approximate surface area is 185 Å². The molecule has 32 heavy (non-hydrogen) atoms. The number of amides is 3. The summed E-state index contributed by atoms with van der Waals surface area (Å²) in [5.41, 5.74) is 10.4. The largest absolute Gasteiger partial charge is 0.480 e. The van der Waals surface area contributed by atoms with E-state index in [4.69, 9.17) is 11.5 Å². The topological polar surface area (TPSA) is 241 Å². The van der Waals surface area contributed by atoms with Gasteiger partial charge in [0.1, 0.15) is 18.1 Å². The van der Waals surface area contributed by atoms with Crippen LogP contribution in [0.3, 0.4) is 0 Å². The lowest BCUT2D eigenvalue weighted by atomic mass is 10.1. The fraction of sp³-hybridized carbons (Fsp3) is 0.722. The van der Waals surface area contributed by atoms with Crippen LogP contribution >= 0.6 is 0 Å². The standard InChI is InChI=1S/C18H33N7O7/c1-9(27)13(25-14(28)10-4-2-6-21-10)16(30)24-12(8-26)15(29)23-11(17(31)32)5-3-7-22-18(19)20/h9-13,21,26-27H,2-8H2,1H3,(H,23,29)(H,24,30)(H,25,28)(H,31,32)(H4,19,20,22). The normalized spacial score (nSPS) is 19.2. The van der Waals surface area contributed by atoms with E-state index in [9.17, 15) is 34.5 Å². The third kappa shape index (κ3) is 9.03. The molecule has 14 nitrogen and oxygen atoms in total. The van der Waals surface area contributed by atoms with Gasteiger partial charge in [0, 0.05) is 6.54 Å². The van der Waals surface area contributed by atoms with Crippen LogP contribution < -0.4 is 32.7 Å². The number of aliphatic imine (C=N–C) groups is 1. The van der Waals surface area contributed by atoms with Crippen molar-refractivity contribution < 1.29 is 34.5 Å². The van der Waals surface area contributed by atoms with Gasteiger partial charge in [-0.3, -0.25) is 19.4 Å². The maximum absolute atomic E-state index is 12.6. The van der Waals surface area contributed by atoms with E-state index < -0.39 is 60.6 Å². The number of carboxylic acid groups (broad SMARTS) is 1. The second-order valence-corrected chi connectivity index (χ2v) is 7.47. The summed E-state index contributed by atoms with van der Waals surface area (Å²) in [6.07, 6.45) is 0.362. The fourth-order valence-electron chi connectivity index (χ4n) is 3.06. The first-order valence-electron chi connectivity index (χ1n) is 10.3. The molecule has 1 aliphatic rings. The van der Waals surface area contributed by atoms with Gasteiger partial charge in [-0.05, 0) is 39.2 Å². The Kier molecular flexibility index (Phi) is 11.4. The molecule has 5 unspecified atom stereocenters. The summed E-state index contributed by atoms with van der Waals surface area (Å²) < 4.78 is 0. The Hall–Kier alpha value is -2.97. The molecule has 182 valence electrons. The van der Waals surface area contributed by atoms with Gasteiger partial charge in [-0.25, -0.2) is 4.79 Å². The van der Waals surface area contributed by atoms with Crippen molar-refractivity contribution in [3.8, 4) is 0 Å². The highest BCUT2D eigenvalue weighted by atomic mass is 16.4. The molecule has 5 atom stereocenters. The van der Waals surface area contributed by atoms with Crippen molar-refractivity contribution in [1.82, 2.24) is 21.3 Å². The highest BCUT2D eigenvalue weighted by molar-refractivity contribution is 5.94. The summed E-state index contributed by atoms with van der Waals surface area (Å²) in [4.78, 5) is 52.3. The van der Waals surface area contributed by atoms with Gasteiger partial charge in [0.2, 0.25) is 17.7 Å². The van der Waals surface area contributed by atoms with Crippen LogP contribution in [-0.2, 0) is 19.2 Å². The number of aliphatic hydroxyl groups excluding tert-OH is 2. The van der Waals surface area contributed by atoms with Crippen molar-refractivity contribution in [3.63, 3.8) is 0 Å². The van der Waals surface area contributed by atoms with E-state index in [1.54, 1.807) is 0 Å². The summed E-state index contributed by atoms with van der Waals surface area (Å²) in [7, 11) is 0. The minimum Gasteiger partial charge on any atom is -0.480 e.